The highest BCUT2D eigenvalue weighted by Crippen LogP contribution is 2.37. The zero-order chi connectivity index (χ0) is 11.5. The van der Waals surface area contributed by atoms with Gasteiger partial charge in [0.05, 0.1) is 6.61 Å². The summed E-state index contributed by atoms with van der Waals surface area (Å²) in [5.74, 6) is 1.11. The van der Waals surface area contributed by atoms with Gasteiger partial charge in [0, 0.05) is 22.5 Å². The van der Waals surface area contributed by atoms with Crippen LogP contribution in [0.4, 0.5) is 0 Å². The Morgan fingerprint density at radius 2 is 2.25 bits per heavy atom. The monoisotopic (exact) mass is 283 g/mol. The molecule has 0 aliphatic carbocycles. The van der Waals surface area contributed by atoms with Gasteiger partial charge in [-0.05, 0) is 30.7 Å². The van der Waals surface area contributed by atoms with E-state index in [4.69, 9.17) is 4.74 Å². The van der Waals surface area contributed by atoms with Gasteiger partial charge in [0.15, 0.2) is 0 Å². The van der Waals surface area contributed by atoms with Crippen LogP contribution < -0.4 is 10.1 Å². The van der Waals surface area contributed by atoms with Gasteiger partial charge in [0.2, 0.25) is 0 Å². The minimum Gasteiger partial charge on any atom is -0.493 e. The van der Waals surface area contributed by atoms with Crippen molar-refractivity contribution in [2.45, 2.75) is 32.7 Å². The minimum atomic E-state index is 0.398. The third kappa shape index (κ3) is 2.25. The van der Waals surface area contributed by atoms with E-state index in [1.54, 1.807) is 0 Å². The fourth-order valence-electron chi connectivity index (χ4n) is 2.28. The zero-order valence-corrected chi connectivity index (χ0v) is 11.4. The van der Waals surface area contributed by atoms with Gasteiger partial charge >= 0.3 is 0 Å². The number of nitrogens with one attached hydrogen (secondary N) is 1. The van der Waals surface area contributed by atoms with Crippen molar-refractivity contribution in [3.63, 3.8) is 0 Å². The molecule has 0 bridgehead atoms. The largest absolute Gasteiger partial charge is 0.493 e. The molecule has 0 amide bonds. The summed E-state index contributed by atoms with van der Waals surface area (Å²) in [6.07, 6.45) is 2.12. The summed E-state index contributed by atoms with van der Waals surface area (Å²) in [6, 6.07) is 4.75. The Hall–Kier alpha value is -0.540. The van der Waals surface area contributed by atoms with Gasteiger partial charge in [-0.15, -0.1) is 0 Å². The summed E-state index contributed by atoms with van der Waals surface area (Å²) < 4.78 is 6.91. The smallest absolute Gasteiger partial charge is 0.127 e. The van der Waals surface area contributed by atoms with E-state index in [2.05, 4.69) is 47.2 Å². The van der Waals surface area contributed by atoms with E-state index in [0.717, 1.165) is 36.2 Å². The number of hydrogen-bond acceptors (Lipinski definition) is 2. The molecule has 1 aliphatic heterocycles. The normalized spacial score (nSPS) is 15.7. The molecule has 2 rings (SSSR count). The fourth-order valence-corrected chi connectivity index (χ4v) is 2.80. The van der Waals surface area contributed by atoms with Crippen molar-refractivity contribution < 1.29 is 4.74 Å². The van der Waals surface area contributed by atoms with Crippen molar-refractivity contribution in [2.75, 3.05) is 13.2 Å². The highest BCUT2D eigenvalue weighted by atomic mass is 79.9. The topological polar surface area (TPSA) is 21.3 Å². The number of benzene rings is 1. The van der Waals surface area contributed by atoms with Crippen molar-refractivity contribution in [2.24, 2.45) is 0 Å². The van der Waals surface area contributed by atoms with E-state index in [1.807, 2.05) is 0 Å². The third-order valence-corrected chi connectivity index (χ3v) is 3.47. The van der Waals surface area contributed by atoms with E-state index >= 15 is 0 Å². The fraction of sp³-hybridized carbons (Fsp3) is 0.538. The Morgan fingerprint density at radius 3 is 2.94 bits per heavy atom. The van der Waals surface area contributed by atoms with Crippen LogP contribution in [0.3, 0.4) is 0 Å². The van der Waals surface area contributed by atoms with Crippen LogP contribution in [0.5, 0.6) is 5.75 Å². The van der Waals surface area contributed by atoms with Crippen molar-refractivity contribution >= 4 is 15.9 Å². The molecule has 0 saturated carbocycles. The quantitative estimate of drug-likeness (QED) is 0.914. The molecule has 1 heterocycles. The highest BCUT2D eigenvalue weighted by molar-refractivity contribution is 9.10. The second kappa shape index (κ2) is 5.19. The summed E-state index contributed by atoms with van der Waals surface area (Å²) in [5, 5.41) is 3.50. The van der Waals surface area contributed by atoms with Crippen LogP contribution in [0.15, 0.2) is 16.6 Å². The summed E-state index contributed by atoms with van der Waals surface area (Å²) in [6.45, 7) is 6.15. The molecule has 3 heteroatoms. The molecule has 0 fully saturated rings. The van der Waals surface area contributed by atoms with Crippen LogP contribution in [0, 0.1) is 0 Å². The lowest BCUT2D eigenvalue weighted by atomic mass is 10.00. The number of rotatable bonds is 4. The Bertz CT molecular complexity index is 378. The predicted octanol–water partition coefficient (Wildman–Crippen LogP) is 3.44. The molecule has 1 atom stereocenters. The lowest BCUT2D eigenvalue weighted by Gasteiger charge is -2.19. The van der Waals surface area contributed by atoms with E-state index in [0.29, 0.717) is 6.04 Å². The van der Waals surface area contributed by atoms with Gasteiger partial charge in [-0.2, -0.15) is 0 Å². The SMILES string of the molecule is CCNC(CC)c1cc(Br)cc2c1OCC2. The first-order valence-corrected chi connectivity index (χ1v) is 6.74. The zero-order valence-electron chi connectivity index (χ0n) is 9.85. The minimum absolute atomic E-state index is 0.398. The molecule has 88 valence electrons. The van der Waals surface area contributed by atoms with E-state index in [1.165, 1.54) is 11.1 Å². The second-order valence-corrected chi connectivity index (χ2v) is 5.02. The average Bonchev–Trinajstić information content (AvgIpc) is 2.72. The van der Waals surface area contributed by atoms with Crippen molar-refractivity contribution in [1.82, 2.24) is 5.32 Å². The summed E-state index contributed by atoms with van der Waals surface area (Å²) in [5.41, 5.74) is 2.63. The van der Waals surface area contributed by atoms with E-state index < -0.39 is 0 Å². The van der Waals surface area contributed by atoms with E-state index in [9.17, 15) is 0 Å². The third-order valence-electron chi connectivity index (χ3n) is 3.01. The molecular weight excluding hydrogens is 266 g/mol. The molecule has 16 heavy (non-hydrogen) atoms. The highest BCUT2D eigenvalue weighted by Gasteiger charge is 2.21. The maximum absolute atomic E-state index is 5.75. The van der Waals surface area contributed by atoms with Crippen LogP contribution in [-0.2, 0) is 6.42 Å². The number of hydrogen-bond donors (Lipinski definition) is 1. The molecule has 0 aromatic heterocycles. The Labute approximate surface area is 106 Å². The molecule has 0 radical (unpaired) electrons. The molecule has 1 unspecified atom stereocenters. The van der Waals surface area contributed by atoms with Crippen LogP contribution in [0.1, 0.15) is 37.4 Å². The van der Waals surface area contributed by atoms with Crippen LogP contribution >= 0.6 is 15.9 Å². The molecule has 0 spiro atoms. The maximum atomic E-state index is 5.75. The van der Waals surface area contributed by atoms with Crippen LogP contribution in [0.2, 0.25) is 0 Å². The van der Waals surface area contributed by atoms with Crippen LogP contribution in [-0.4, -0.2) is 13.2 Å². The average molecular weight is 284 g/mol. The lowest BCUT2D eigenvalue weighted by Crippen LogP contribution is -2.20. The molecule has 2 nitrogen and oxygen atoms in total. The molecular formula is C13H18BrNO. The van der Waals surface area contributed by atoms with Crippen molar-refractivity contribution in [1.29, 1.82) is 0 Å². The second-order valence-electron chi connectivity index (χ2n) is 4.10. The first-order valence-electron chi connectivity index (χ1n) is 5.94. The lowest BCUT2D eigenvalue weighted by molar-refractivity contribution is 0.347. The summed E-state index contributed by atoms with van der Waals surface area (Å²) in [7, 11) is 0. The first-order chi connectivity index (χ1) is 7.76. The Kier molecular flexibility index (Phi) is 3.87. The van der Waals surface area contributed by atoms with Crippen molar-refractivity contribution in [3.05, 3.63) is 27.7 Å². The molecule has 1 aromatic carbocycles. The predicted molar refractivity (Wildman–Crippen MR) is 70.0 cm³/mol. The Morgan fingerprint density at radius 1 is 1.44 bits per heavy atom. The molecule has 0 saturated heterocycles. The van der Waals surface area contributed by atoms with Gasteiger partial charge in [-0.1, -0.05) is 29.8 Å². The Balaban J connectivity index is 2.38. The van der Waals surface area contributed by atoms with Gasteiger partial charge in [-0.25, -0.2) is 0 Å². The van der Waals surface area contributed by atoms with Gasteiger partial charge in [-0.3, -0.25) is 0 Å². The first kappa shape index (κ1) is 11.9. The molecule has 1 aromatic rings. The number of halogens is 1. The number of fused-ring (bicyclic) bond motifs is 1. The van der Waals surface area contributed by atoms with Gasteiger partial charge in [0.25, 0.3) is 0 Å². The summed E-state index contributed by atoms with van der Waals surface area (Å²) in [4.78, 5) is 0. The summed E-state index contributed by atoms with van der Waals surface area (Å²) >= 11 is 3.58. The van der Waals surface area contributed by atoms with Gasteiger partial charge < -0.3 is 10.1 Å². The number of ether oxygens (including phenoxy) is 1. The molecule has 1 N–H and O–H groups in total. The van der Waals surface area contributed by atoms with Gasteiger partial charge in [0.1, 0.15) is 5.75 Å². The standard InChI is InChI=1S/C13H18BrNO/c1-3-12(15-4-2)11-8-10(14)7-9-5-6-16-13(9)11/h7-8,12,15H,3-6H2,1-2H3. The maximum Gasteiger partial charge on any atom is 0.127 e. The van der Waals surface area contributed by atoms with Crippen molar-refractivity contribution in [3.8, 4) is 5.75 Å². The van der Waals surface area contributed by atoms with E-state index in [-0.39, 0.29) is 0 Å². The van der Waals surface area contributed by atoms with Crippen LogP contribution in [0.25, 0.3) is 0 Å². The molecule has 1 aliphatic rings.